The monoisotopic (exact) mass is 336 g/mol. The second-order valence-corrected chi connectivity index (χ2v) is 6.82. The molecule has 3 nitrogen and oxygen atoms in total. The number of aromatic nitrogens is 1. The summed E-state index contributed by atoms with van der Waals surface area (Å²) in [4.78, 5) is 2.28. The minimum absolute atomic E-state index is 0.259. The van der Waals surface area contributed by atoms with E-state index in [0.29, 0.717) is 17.1 Å². The highest BCUT2D eigenvalue weighted by molar-refractivity contribution is 6.30. The van der Waals surface area contributed by atoms with E-state index in [9.17, 15) is 9.50 Å². The highest BCUT2D eigenvalue weighted by Crippen LogP contribution is 2.31. The van der Waals surface area contributed by atoms with Gasteiger partial charge in [-0.2, -0.15) is 0 Å². The first-order valence-corrected chi connectivity index (χ1v) is 8.38. The van der Waals surface area contributed by atoms with Crippen LogP contribution in [0.3, 0.4) is 0 Å². The molecular formula is C18H22ClFN2O. The molecule has 1 atom stereocenters. The molecule has 1 aromatic carbocycles. The predicted octanol–water partition coefficient (Wildman–Crippen LogP) is 3.70. The van der Waals surface area contributed by atoms with Crippen molar-refractivity contribution >= 4 is 11.6 Å². The van der Waals surface area contributed by atoms with Gasteiger partial charge in [-0.1, -0.05) is 17.7 Å². The smallest absolute Gasteiger partial charge is 0.129 e. The van der Waals surface area contributed by atoms with Crippen molar-refractivity contribution < 1.29 is 9.50 Å². The Balaban J connectivity index is 1.76. The summed E-state index contributed by atoms with van der Waals surface area (Å²) in [6.45, 7) is 2.41. The largest absolute Gasteiger partial charge is 0.387 e. The van der Waals surface area contributed by atoms with E-state index in [1.54, 1.807) is 12.1 Å². The van der Waals surface area contributed by atoms with Gasteiger partial charge in [0.2, 0.25) is 0 Å². The van der Waals surface area contributed by atoms with E-state index in [1.807, 2.05) is 22.9 Å². The molecule has 23 heavy (non-hydrogen) atoms. The zero-order valence-corrected chi connectivity index (χ0v) is 14.0. The SMILES string of the molecule is CN1CCC(C(O)c2cccn2Cc2ccc(Cl)cc2F)CC1. The second-order valence-electron chi connectivity index (χ2n) is 6.38. The van der Waals surface area contributed by atoms with Crippen molar-refractivity contribution in [2.24, 2.45) is 5.92 Å². The van der Waals surface area contributed by atoms with E-state index in [2.05, 4.69) is 11.9 Å². The average Bonchev–Trinajstić information content (AvgIpc) is 2.98. The lowest BCUT2D eigenvalue weighted by atomic mass is 9.90. The maximum Gasteiger partial charge on any atom is 0.129 e. The number of aliphatic hydroxyl groups excluding tert-OH is 1. The van der Waals surface area contributed by atoms with Crippen molar-refractivity contribution in [3.8, 4) is 0 Å². The van der Waals surface area contributed by atoms with Crippen molar-refractivity contribution in [2.45, 2.75) is 25.5 Å². The van der Waals surface area contributed by atoms with E-state index in [1.165, 1.54) is 6.07 Å². The molecule has 1 unspecified atom stereocenters. The van der Waals surface area contributed by atoms with Crippen LogP contribution in [0.2, 0.25) is 5.02 Å². The minimum Gasteiger partial charge on any atom is -0.387 e. The molecule has 0 bridgehead atoms. The number of piperidine rings is 1. The number of hydrogen-bond acceptors (Lipinski definition) is 2. The van der Waals surface area contributed by atoms with E-state index >= 15 is 0 Å². The Morgan fingerprint density at radius 1 is 1.30 bits per heavy atom. The van der Waals surface area contributed by atoms with E-state index in [4.69, 9.17) is 11.6 Å². The number of hydrogen-bond donors (Lipinski definition) is 1. The first kappa shape index (κ1) is 16.5. The molecular weight excluding hydrogens is 315 g/mol. The summed E-state index contributed by atoms with van der Waals surface area (Å²) in [5.41, 5.74) is 1.43. The molecule has 0 radical (unpaired) electrons. The lowest BCUT2D eigenvalue weighted by Crippen LogP contribution is -2.33. The zero-order chi connectivity index (χ0) is 16.4. The van der Waals surface area contributed by atoms with Crippen molar-refractivity contribution in [3.05, 3.63) is 58.6 Å². The van der Waals surface area contributed by atoms with Crippen molar-refractivity contribution in [1.82, 2.24) is 9.47 Å². The van der Waals surface area contributed by atoms with Crippen LogP contribution in [0.5, 0.6) is 0 Å². The summed E-state index contributed by atoms with van der Waals surface area (Å²) in [5.74, 6) is -0.0548. The molecule has 0 spiro atoms. The predicted molar refractivity (Wildman–Crippen MR) is 90.1 cm³/mol. The summed E-state index contributed by atoms with van der Waals surface area (Å²) in [6, 6.07) is 8.55. The third kappa shape index (κ3) is 3.77. The number of likely N-dealkylation sites (tertiary alicyclic amines) is 1. The zero-order valence-electron chi connectivity index (χ0n) is 13.3. The first-order valence-electron chi connectivity index (χ1n) is 8.00. The molecule has 5 heteroatoms. The van der Waals surface area contributed by atoms with Gasteiger partial charge in [-0.3, -0.25) is 0 Å². The molecule has 1 aliphatic rings. The molecule has 1 fully saturated rings. The number of benzene rings is 1. The summed E-state index contributed by atoms with van der Waals surface area (Å²) in [6.07, 6.45) is 3.35. The molecule has 0 saturated carbocycles. The standard InChI is InChI=1S/C18H22ClFN2O/c1-21-9-6-13(7-10-21)18(23)17-3-2-8-22(17)12-14-4-5-15(19)11-16(14)20/h2-5,8,11,13,18,23H,6-7,9-10,12H2,1H3. The molecule has 1 aliphatic heterocycles. The van der Waals surface area contributed by atoms with Crippen molar-refractivity contribution in [3.63, 3.8) is 0 Å². The maximum atomic E-state index is 14.0. The molecule has 2 heterocycles. The van der Waals surface area contributed by atoms with Crippen LogP contribution < -0.4 is 0 Å². The van der Waals surface area contributed by atoms with Gasteiger partial charge in [-0.25, -0.2) is 4.39 Å². The van der Waals surface area contributed by atoms with Gasteiger partial charge in [0.25, 0.3) is 0 Å². The van der Waals surface area contributed by atoms with Gasteiger partial charge in [0.05, 0.1) is 12.6 Å². The van der Waals surface area contributed by atoms with E-state index in [0.717, 1.165) is 31.6 Å². The summed E-state index contributed by atoms with van der Waals surface area (Å²) >= 11 is 5.80. The Labute approximate surface area is 141 Å². The van der Waals surface area contributed by atoms with Gasteiger partial charge in [-0.05, 0) is 63.2 Å². The molecule has 1 saturated heterocycles. The van der Waals surface area contributed by atoms with Gasteiger partial charge in [0.1, 0.15) is 5.82 Å². The van der Waals surface area contributed by atoms with Gasteiger partial charge < -0.3 is 14.6 Å². The van der Waals surface area contributed by atoms with Gasteiger partial charge in [0, 0.05) is 22.5 Å². The highest BCUT2D eigenvalue weighted by atomic mass is 35.5. The van der Waals surface area contributed by atoms with Crippen LogP contribution in [0.4, 0.5) is 4.39 Å². The van der Waals surface area contributed by atoms with Crippen LogP contribution in [0, 0.1) is 11.7 Å². The van der Waals surface area contributed by atoms with Gasteiger partial charge in [0.15, 0.2) is 0 Å². The molecule has 1 aromatic heterocycles. The lowest BCUT2D eigenvalue weighted by molar-refractivity contribution is 0.0602. The maximum absolute atomic E-state index is 14.0. The van der Waals surface area contributed by atoms with Crippen LogP contribution in [0.1, 0.15) is 30.2 Å². The normalized spacial score (nSPS) is 18.3. The molecule has 0 aliphatic carbocycles. The van der Waals surface area contributed by atoms with Crippen LogP contribution in [-0.2, 0) is 6.54 Å². The molecule has 124 valence electrons. The summed E-state index contributed by atoms with van der Waals surface area (Å²) in [5, 5.41) is 11.1. The molecule has 3 rings (SSSR count). The average molecular weight is 337 g/mol. The van der Waals surface area contributed by atoms with E-state index < -0.39 is 6.10 Å². The summed E-state index contributed by atoms with van der Waals surface area (Å²) in [7, 11) is 2.11. The Morgan fingerprint density at radius 2 is 2.04 bits per heavy atom. The topological polar surface area (TPSA) is 28.4 Å². The fraction of sp³-hybridized carbons (Fsp3) is 0.444. The number of aliphatic hydroxyl groups is 1. The fourth-order valence-electron chi connectivity index (χ4n) is 3.26. The van der Waals surface area contributed by atoms with Crippen molar-refractivity contribution in [2.75, 3.05) is 20.1 Å². The first-order chi connectivity index (χ1) is 11.0. The quantitative estimate of drug-likeness (QED) is 0.922. The van der Waals surface area contributed by atoms with Crippen LogP contribution in [0.15, 0.2) is 36.5 Å². The Kier molecular flexibility index (Phi) is 5.05. The number of rotatable bonds is 4. The third-order valence-corrected chi connectivity index (χ3v) is 4.97. The van der Waals surface area contributed by atoms with E-state index in [-0.39, 0.29) is 11.7 Å². The van der Waals surface area contributed by atoms with Crippen LogP contribution >= 0.6 is 11.6 Å². The Morgan fingerprint density at radius 3 is 2.74 bits per heavy atom. The Bertz CT molecular complexity index is 665. The van der Waals surface area contributed by atoms with Gasteiger partial charge >= 0.3 is 0 Å². The highest BCUT2D eigenvalue weighted by Gasteiger charge is 2.26. The lowest BCUT2D eigenvalue weighted by Gasteiger charge is -2.32. The Hall–Kier alpha value is -1.36. The van der Waals surface area contributed by atoms with Gasteiger partial charge in [-0.15, -0.1) is 0 Å². The van der Waals surface area contributed by atoms with Crippen molar-refractivity contribution in [1.29, 1.82) is 0 Å². The van der Waals surface area contributed by atoms with Crippen LogP contribution in [0.25, 0.3) is 0 Å². The molecule has 0 amide bonds. The summed E-state index contributed by atoms with van der Waals surface area (Å²) < 4.78 is 15.9. The minimum atomic E-state index is -0.505. The van der Waals surface area contributed by atoms with Crippen LogP contribution in [-0.4, -0.2) is 34.7 Å². The molecule has 2 aromatic rings. The number of nitrogens with zero attached hydrogens (tertiary/aromatic N) is 2. The second kappa shape index (κ2) is 7.04. The molecule has 1 N–H and O–H groups in total. The third-order valence-electron chi connectivity index (χ3n) is 4.73. The fourth-order valence-corrected chi connectivity index (χ4v) is 3.42. The number of halogens is 2.